The van der Waals surface area contributed by atoms with E-state index in [0.29, 0.717) is 17.7 Å². The summed E-state index contributed by atoms with van der Waals surface area (Å²) in [5.41, 5.74) is 0.783. The van der Waals surface area contributed by atoms with E-state index in [4.69, 9.17) is 9.47 Å². The van der Waals surface area contributed by atoms with Gasteiger partial charge in [-0.25, -0.2) is 14.8 Å². The van der Waals surface area contributed by atoms with Crippen LogP contribution in [0.25, 0.3) is 0 Å². The number of hydrogen-bond acceptors (Lipinski definition) is 7. The smallest absolute Gasteiger partial charge is 0.337 e. The number of aromatic amines is 1. The molecular weight excluding hydrogens is 352 g/mol. The van der Waals surface area contributed by atoms with Crippen LogP contribution in [0, 0.1) is 0 Å². The SMILES string of the molecule is COC(=O)c1cccc(Oc2nc[nH]c(=O)c2C2CC(C)=NN2C(C)=O)c1. The number of aromatic nitrogens is 2. The number of hydrogen-bond donors (Lipinski definition) is 1. The lowest BCUT2D eigenvalue weighted by Gasteiger charge is -2.21. The maximum atomic E-state index is 12.5. The highest BCUT2D eigenvalue weighted by Gasteiger charge is 2.34. The van der Waals surface area contributed by atoms with Gasteiger partial charge in [0.2, 0.25) is 11.8 Å². The van der Waals surface area contributed by atoms with Gasteiger partial charge in [-0.15, -0.1) is 0 Å². The number of nitrogens with one attached hydrogen (secondary N) is 1. The Morgan fingerprint density at radius 2 is 2.11 bits per heavy atom. The highest BCUT2D eigenvalue weighted by atomic mass is 16.5. The van der Waals surface area contributed by atoms with Crippen molar-refractivity contribution in [2.45, 2.75) is 26.3 Å². The van der Waals surface area contributed by atoms with E-state index in [1.807, 2.05) is 0 Å². The van der Waals surface area contributed by atoms with Crippen molar-refractivity contribution in [1.82, 2.24) is 15.0 Å². The molecule has 0 saturated carbocycles. The predicted octanol–water partition coefficient (Wildman–Crippen LogP) is 2.02. The molecule has 0 radical (unpaired) electrons. The fraction of sp³-hybridized carbons (Fsp3) is 0.278. The lowest BCUT2D eigenvalue weighted by atomic mass is 10.0. The van der Waals surface area contributed by atoms with Crippen molar-refractivity contribution >= 4 is 17.6 Å². The first-order chi connectivity index (χ1) is 12.9. The molecule has 2 aromatic rings. The van der Waals surface area contributed by atoms with Crippen molar-refractivity contribution < 1.29 is 19.1 Å². The summed E-state index contributed by atoms with van der Waals surface area (Å²) in [5.74, 6) is -0.454. The van der Waals surface area contributed by atoms with E-state index in [-0.39, 0.29) is 17.4 Å². The summed E-state index contributed by atoms with van der Waals surface area (Å²) in [6, 6.07) is 5.70. The molecule has 0 fully saturated rings. The Morgan fingerprint density at radius 3 is 2.81 bits per heavy atom. The fourth-order valence-corrected chi connectivity index (χ4v) is 2.86. The Hall–Kier alpha value is -3.49. The fourth-order valence-electron chi connectivity index (χ4n) is 2.86. The topological polar surface area (TPSA) is 114 Å². The van der Waals surface area contributed by atoms with E-state index >= 15 is 0 Å². The number of H-pyrrole nitrogens is 1. The van der Waals surface area contributed by atoms with Crippen LogP contribution >= 0.6 is 0 Å². The second kappa shape index (κ2) is 7.40. The second-order valence-electron chi connectivity index (χ2n) is 5.99. The second-order valence-corrected chi connectivity index (χ2v) is 5.99. The van der Waals surface area contributed by atoms with Crippen LogP contribution in [-0.4, -0.2) is 39.7 Å². The van der Waals surface area contributed by atoms with Crippen LogP contribution in [-0.2, 0) is 9.53 Å². The van der Waals surface area contributed by atoms with Gasteiger partial charge in [-0.05, 0) is 25.1 Å². The molecule has 1 aromatic heterocycles. The maximum Gasteiger partial charge on any atom is 0.337 e. The van der Waals surface area contributed by atoms with Gasteiger partial charge in [0.15, 0.2) is 0 Å². The monoisotopic (exact) mass is 370 g/mol. The summed E-state index contributed by atoms with van der Waals surface area (Å²) in [4.78, 5) is 42.7. The lowest BCUT2D eigenvalue weighted by molar-refractivity contribution is -0.130. The number of rotatable bonds is 4. The van der Waals surface area contributed by atoms with Crippen LogP contribution in [0.5, 0.6) is 11.6 Å². The van der Waals surface area contributed by atoms with E-state index in [0.717, 1.165) is 5.71 Å². The van der Waals surface area contributed by atoms with Crippen molar-refractivity contribution in [3.63, 3.8) is 0 Å². The number of benzene rings is 1. The molecule has 140 valence electrons. The first-order valence-corrected chi connectivity index (χ1v) is 8.18. The van der Waals surface area contributed by atoms with E-state index in [2.05, 4.69) is 15.1 Å². The van der Waals surface area contributed by atoms with Gasteiger partial charge in [-0.2, -0.15) is 5.10 Å². The Bertz CT molecular complexity index is 982. The molecule has 1 aliphatic rings. The normalized spacial score (nSPS) is 16.0. The first kappa shape index (κ1) is 18.3. The summed E-state index contributed by atoms with van der Waals surface area (Å²) in [5, 5.41) is 5.44. The minimum Gasteiger partial charge on any atom is -0.465 e. The number of nitrogens with zero attached hydrogens (tertiary/aromatic N) is 3. The van der Waals surface area contributed by atoms with Gasteiger partial charge in [0.05, 0.1) is 25.0 Å². The lowest BCUT2D eigenvalue weighted by Crippen LogP contribution is -2.29. The number of esters is 1. The van der Waals surface area contributed by atoms with Crippen LogP contribution < -0.4 is 10.3 Å². The molecule has 27 heavy (non-hydrogen) atoms. The van der Waals surface area contributed by atoms with Gasteiger partial charge >= 0.3 is 5.97 Å². The zero-order valence-electron chi connectivity index (χ0n) is 15.1. The quantitative estimate of drug-likeness (QED) is 0.824. The largest absolute Gasteiger partial charge is 0.465 e. The van der Waals surface area contributed by atoms with Gasteiger partial charge in [0, 0.05) is 19.1 Å². The van der Waals surface area contributed by atoms with Gasteiger partial charge < -0.3 is 14.5 Å². The van der Waals surface area contributed by atoms with Gasteiger partial charge in [0.1, 0.15) is 11.3 Å². The van der Waals surface area contributed by atoms with Gasteiger partial charge in [-0.1, -0.05) is 6.07 Å². The minimum atomic E-state index is -0.612. The first-order valence-electron chi connectivity index (χ1n) is 8.18. The number of hydrazone groups is 1. The Balaban J connectivity index is 1.99. The molecule has 1 amide bonds. The van der Waals surface area contributed by atoms with Gasteiger partial charge in [-0.3, -0.25) is 9.59 Å². The maximum absolute atomic E-state index is 12.5. The van der Waals surface area contributed by atoms with E-state index in [1.54, 1.807) is 25.1 Å². The number of ether oxygens (including phenoxy) is 2. The third-order valence-corrected chi connectivity index (χ3v) is 4.04. The Kier molecular flexibility index (Phi) is 5.02. The minimum absolute atomic E-state index is 0.0434. The molecule has 1 N–H and O–H groups in total. The van der Waals surface area contributed by atoms with Crippen molar-refractivity contribution in [2.24, 2.45) is 5.10 Å². The van der Waals surface area contributed by atoms with Crippen LogP contribution in [0.4, 0.5) is 0 Å². The standard InChI is InChI=1S/C18H18N4O5/c1-10-7-14(22(21-10)11(2)23)15-16(24)19-9-20-17(15)27-13-6-4-5-12(8-13)18(25)26-3/h4-6,8-9,14H,7H2,1-3H3,(H,19,20,24). The molecule has 0 saturated heterocycles. The third-order valence-electron chi connectivity index (χ3n) is 4.04. The molecule has 0 aliphatic carbocycles. The molecule has 0 spiro atoms. The summed E-state index contributed by atoms with van der Waals surface area (Å²) in [7, 11) is 1.28. The van der Waals surface area contributed by atoms with Crippen LogP contribution in [0.3, 0.4) is 0 Å². The molecule has 3 rings (SSSR count). The summed E-state index contributed by atoms with van der Waals surface area (Å²) in [6.07, 6.45) is 1.61. The number of carbonyl (C=O) groups is 2. The zero-order chi connectivity index (χ0) is 19.6. The molecule has 9 heteroatoms. The van der Waals surface area contributed by atoms with Crippen LogP contribution in [0.15, 0.2) is 40.5 Å². The number of methoxy groups -OCH3 is 1. The summed E-state index contributed by atoms with van der Waals surface area (Å²) >= 11 is 0. The highest BCUT2D eigenvalue weighted by Crippen LogP contribution is 2.34. The molecule has 1 unspecified atom stereocenters. The molecule has 1 aromatic carbocycles. The number of amides is 1. The summed E-state index contributed by atoms with van der Waals surface area (Å²) in [6.45, 7) is 3.15. The zero-order valence-corrected chi connectivity index (χ0v) is 15.1. The predicted molar refractivity (Wildman–Crippen MR) is 95.7 cm³/mol. The third kappa shape index (κ3) is 3.71. The van der Waals surface area contributed by atoms with Gasteiger partial charge in [0.25, 0.3) is 5.56 Å². The molecule has 0 bridgehead atoms. The average Bonchev–Trinajstić information content (AvgIpc) is 3.03. The molecule has 1 aliphatic heterocycles. The molecule has 9 nitrogen and oxygen atoms in total. The van der Waals surface area contributed by atoms with Crippen LogP contribution in [0.1, 0.15) is 42.2 Å². The van der Waals surface area contributed by atoms with Crippen molar-refractivity contribution in [3.8, 4) is 11.6 Å². The molecule has 1 atom stereocenters. The molecular formula is C18H18N4O5. The van der Waals surface area contributed by atoms with Crippen molar-refractivity contribution in [2.75, 3.05) is 7.11 Å². The van der Waals surface area contributed by atoms with E-state index in [9.17, 15) is 14.4 Å². The van der Waals surface area contributed by atoms with Crippen molar-refractivity contribution in [1.29, 1.82) is 0 Å². The van der Waals surface area contributed by atoms with Crippen molar-refractivity contribution in [3.05, 3.63) is 52.1 Å². The van der Waals surface area contributed by atoms with E-state index in [1.165, 1.54) is 31.4 Å². The number of carbonyl (C=O) groups excluding carboxylic acids is 2. The summed E-state index contributed by atoms with van der Waals surface area (Å²) < 4.78 is 10.5. The Morgan fingerprint density at radius 1 is 1.33 bits per heavy atom. The molecule has 2 heterocycles. The van der Waals surface area contributed by atoms with E-state index < -0.39 is 17.6 Å². The average molecular weight is 370 g/mol. The highest BCUT2D eigenvalue weighted by molar-refractivity contribution is 5.90. The Labute approximate surface area is 154 Å². The van der Waals surface area contributed by atoms with Crippen LogP contribution in [0.2, 0.25) is 0 Å².